The Bertz CT molecular complexity index is 504. The number of carboxylic acids is 1. The molecule has 0 saturated heterocycles. The van der Waals surface area contributed by atoms with Gasteiger partial charge in [-0.3, -0.25) is 4.79 Å². The summed E-state index contributed by atoms with van der Waals surface area (Å²) in [6.45, 7) is 5.39. The molecule has 1 rings (SSSR count). The van der Waals surface area contributed by atoms with Gasteiger partial charge in [-0.1, -0.05) is 25.1 Å². The maximum Gasteiger partial charge on any atom is 0.328 e. The van der Waals surface area contributed by atoms with Gasteiger partial charge in [0.05, 0.1) is 0 Å². The van der Waals surface area contributed by atoms with Crippen LogP contribution >= 0.6 is 0 Å². The van der Waals surface area contributed by atoms with Gasteiger partial charge in [0.2, 0.25) is 0 Å². The lowest BCUT2D eigenvalue weighted by atomic mass is 10.1. The molecule has 0 saturated carbocycles. The van der Waals surface area contributed by atoms with Crippen LogP contribution in [0.25, 0.3) is 0 Å². The Morgan fingerprint density at radius 2 is 2.06 bits per heavy atom. The van der Waals surface area contributed by atoms with E-state index in [0.29, 0.717) is 0 Å². The zero-order valence-electron chi connectivity index (χ0n) is 10.8. The molecule has 1 aromatic carbocycles. The molecule has 0 fully saturated rings. The molecule has 0 spiro atoms. The van der Waals surface area contributed by atoms with Crippen LogP contribution < -0.4 is 5.32 Å². The average Bonchev–Trinajstić information content (AvgIpc) is 2.30. The van der Waals surface area contributed by atoms with Crippen molar-refractivity contribution in [2.45, 2.75) is 27.2 Å². The fraction of sp³-hybridized carbons (Fsp3) is 0.286. The average molecular weight is 247 g/mol. The van der Waals surface area contributed by atoms with Gasteiger partial charge in [0.15, 0.2) is 0 Å². The summed E-state index contributed by atoms with van der Waals surface area (Å²) in [5.41, 5.74) is 2.94. The number of anilines is 1. The first-order valence-electron chi connectivity index (χ1n) is 5.76. The monoisotopic (exact) mass is 247 g/mol. The molecule has 2 N–H and O–H groups in total. The molecule has 0 unspecified atom stereocenters. The number of carbonyl (C=O) groups excluding carboxylic acids is 1. The fourth-order valence-corrected chi connectivity index (χ4v) is 1.66. The molecular weight excluding hydrogens is 230 g/mol. The number of aryl methyl sites for hydroxylation is 2. The van der Waals surface area contributed by atoms with Crippen LogP contribution in [-0.4, -0.2) is 17.0 Å². The number of rotatable bonds is 4. The Morgan fingerprint density at radius 1 is 1.39 bits per heavy atom. The molecular formula is C14H17NO3. The van der Waals surface area contributed by atoms with E-state index in [1.165, 1.54) is 6.92 Å². The number of aliphatic carboxylic acids is 1. The zero-order valence-corrected chi connectivity index (χ0v) is 10.8. The lowest BCUT2D eigenvalue weighted by Crippen LogP contribution is -2.15. The molecule has 0 aliphatic heterocycles. The van der Waals surface area contributed by atoms with E-state index in [0.717, 1.165) is 29.3 Å². The van der Waals surface area contributed by atoms with Crippen molar-refractivity contribution in [2.24, 2.45) is 0 Å². The van der Waals surface area contributed by atoms with E-state index in [4.69, 9.17) is 5.11 Å². The molecule has 0 heterocycles. The maximum atomic E-state index is 11.8. The largest absolute Gasteiger partial charge is 0.478 e. The van der Waals surface area contributed by atoms with Crippen LogP contribution in [0, 0.1) is 6.92 Å². The van der Waals surface area contributed by atoms with Crippen molar-refractivity contribution in [3.8, 4) is 0 Å². The number of nitrogens with one attached hydrogen (secondary N) is 1. The van der Waals surface area contributed by atoms with Gasteiger partial charge in [0.1, 0.15) is 0 Å². The number of benzene rings is 1. The quantitative estimate of drug-likeness (QED) is 0.803. The number of carboxylic acid groups (broad SMARTS) is 1. The number of hydrogen-bond donors (Lipinski definition) is 2. The number of amides is 1. The Labute approximate surface area is 106 Å². The van der Waals surface area contributed by atoms with Gasteiger partial charge in [-0.15, -0.1) is 0 Å². The second kappa shape index (κ2) is 6.00. The molecule has 1 aromatic rings. The van der Waals surface area contributed by atoms with Crippen LogP contribution in [0.5, 0.6) is 0 Å². The third kappa shape index (κ3) is 3.45. The second-order valence-corrected chi connectivity index (χ2v) is 4.08. The van der Waals surface area contributed by atoms with E-state index >= 15 is 0 Å². The summed E-state index contributed by atoms with van der Waals surface area (Å²) in [5.74, 6) is -1.51. The van der Waals surface area contributed by atoms with Gasteiger partial charge in [-0.05, 0) is 31.4 Å². The normalized spacial score (nSPS) is 11.2. The minimum absolute atomic E-state index is 0.174. The first-order valence-corrected chi connectivity index (χ1v) is 5.76. The van der Waals surface area contributed by atoms with E-state index in [-0.39, 0.29) is 11.5 Å². The highest BCUT2D eigenvalue weighted by Crippen LogP contribution is 2.21. The van der Waals surface area contributed by atoms with Crippen molar-refractivity contribution >= 4 is 17.6 Å². The highest BCUT2D eigenvalue weighted by Gasteiger charge is 2.10. The predicted octanol–water partition coefficient (Wildman–Crippen LogP) is 2.53. The molecule has 0 aliphatic carbocycles. The smallest absolute Gasteiger partial charge is 0.328 e. The van der Waals surface area contributed by atoms with Crippen molar-refractivity contribution in [1.82, 2.24) is 0 Å². The number of carbonyl (C=O) groups is 2. The van der Waals surface area contributed by atoms with Gasteiger partial charge in [0.25, 0.3) is 5.91 Å². The van der Waals surface area contributed by atoms with Crippen molar-refractivity contribution in [2.75, 3.05) is 5.32 Å². The van der Waals surface area contributed by atoms with Gasteiger partial charge in [-0.25, -0.2) is 4.79 Å². The molecule has 96 valence electrons. The third-order valence-corrected chi connectivity index (χ3v) is 2.68. The third-order valence-electron chi connectivity index (χ3n) is 2.68. The van der Waals surface area contributed by atoms with Gasteiger partial charge >= 0.3 is 5.97 Å². The van der Waals surface area contributed by atoms with Crippen LogP contribution in [0.4, 0.5) is 5.69 Å². The summed E-state index contributed by atoms with van der Waals surface area (Å²) < 4.78 is 0. The Balaban J connectivity index is 2.98. The first-order chi connectivity index (χ1) is 8.45. The van der Waals surface area contributed by atoms with E-state index < -0.39 is 5.97 Å². The van der Waals surface area contributed by atoms with Crippen molar-refractivity contribution in [1.29, 1.82) is 0 Å². The van der Waals surface area contributed by atoms with Crippen molar-refractivity contribution in [3.63, 3.8) is 0 Å². The number of hydrogen-bond acceptors (Lipinski definition) is 2. The highest BCUT2D eigenvalue weighted by molar-refractivity contribution is 6.06. The Kier molecular flexibility index (Phi) is 4.66. The van der Waals surface area contributed by atoms with Gasteiger partial charge in [-0.2, -0.15) is 0 Å². The van der Waals surface area contributed by atoms with Gasteiger partial charge < -0.3 is 10.4 Å². The summed E-state index contributed by atoms with van der Waals surface area (Å²) in [4.78, 5) is 22.3. The molecule has 4 nitrogen and oxygen atoms in total. The summed E-state index contributed by atoms with van der Waals surface area (Å²) >= 11 is 0. The van der Waals surface area contributed by atoms with E-state index in [2.05, 4.69) is 5.32 Å². The first kappa shape index (κ1) is 14.0. The lowest BCUT2D eigenvalue weighted by Gasteiger charge is -2.12. The summed E-state index contributed by atoms with van der Waals surface area (Å²) in [6, 6.07) is 5.79. The lowest BCUT2D eigenvalue weighted by molar-refractivity contribution is -0.131. The van der Waals surface area contributed by atoms with Crippen molar-refractivity contribution < 1.29 is 14.7 Å². The second-order valence-electron chi connectivity index (χ2n) is 4.08. The van der Waals surface area contributed by atoms with Gasteiger partial charge in [0, 0.05) is 17.3 Å². The Morgan fingerprint density at radius 3 is 2.61 bits per heavy atom. The molecule has 0 bridgehead atoms. The molecule has 1 amide bonds. The fourth-order valence-electron chi connectivity index (χ4n) is 1.66. The molecule has 0 radical (unpaired) electrons. The van der Waals surface area contributed by atoms with Crippen LogP contribution in [0.3, 0.4) is 0 Å². The summed E-state index contributed by atoms with van der Waals surface area (Å²) in [7, 11) is 0. The van der Waals surface area contributed by atoms with E-state index in [9.17, 15) is 9.59 Å². The molecule has 0 atom stereocenters. The van der Waals surface area contributed by atoms with Crippen LogP contribution in [0.1, 0.15) is 25.0 Å². The zero-order chi connectivity index (χ0) is 13.7. The van der Waals surface area contributed by atoms with E-state index in [1.807, 2.05) is 32.0 Å². The van der Waals surface area contributed by atoms with Crippen LogP contribution in [0.2, 0.25) is 0 Å². The maximum absolute atomic E-state index is 11.8. The molecule has 4 heteroatoms. The molecule has 0 aliphatic rings. The minimum atomic E-state index is -1.12. The topological polar surface area (TPSA) is 66.4 Å². The highest BCUT2D eigenvalue weighted by atomic mass is 16.4. The standard InChI is InChI=1S/C14H17NO3/c1-4-11-7-5-6-9(2)13(11)15-14(18)10(3)8-12(16)17/h5-8H,4H2,1-3H3,(H,15,18)(H,16,17)/b10-8-. The Hall–Kier alpha value is -2.10. The summed E-state index contributed by atoms with van der Waals surface area (Å²) in [5, 5.41) is 11.4. The summed E-state index contributed by atoms with van der Waals surface area (Å²) in [6.07, 6.45) is 1.71. The van der Waals surface area contributed by atoms with Crippen LogP contribution in [-0.2, 0) is 16.0 Å². The van der Waals surface area contributed by atoms with Crippen LogP contribution in [0.15, 0.2) is 29.8 Å². The molecule has 0 aromatic heterocycles. The predicted molar refractivity (Wildman–Crippen MR) is 70.6 cm³/mol. The minimum Gasteiger partial charge on any atom is -0.478 e. The van der Waals surface area contributed by atoms with Crippen molar-refractivity contribution in [3.05, 3.63) is 41.0 Å². The number of para-hydroxylation sites is 1. The van der Waals surface area contributed by atoms with E-state index in [1.54, 1.807) is 0 Å². The SMILES string of the molecule is CCc1cccc(C)c1NC(=O)/C(C)=C\C(=O)O. The molecule has 18 heavy (non-hydrogen) atoms.